The number of carbonyl (C=O) groups excluding carboxylic acids is 1. The minimum absolute atomic E-state index is 0.0528. The summed E-state index contributed by atoms with van der Waals surface area (Å²) in [5, 5.41) is 6.23. The molecule has 1 aliphatic rings. The van der Waals surface area contributed by atoms with E-state index < -0.39 is 5.82 Å². The highest BCUT2D eigenvalue weighted by Gasteiger charge is 2.23. The van der Waals surface area contributed by atoms with E-state index in [1.807, 2.05) is 6.92 Å². The quantitative estimate of drug-likeness (QED) is 0.760. The van der Waals surface area contributed by atoms with Gasteiger partial charge < -0.3 is 16.4 Å². The van der Waals surface area contributed by atoms with Crippen LogP contribution in [0.2, 0.25) is 5.02 Å². The van der Waals surface area contributed by atoms with Gasteiger partial charge in [-0.1, -0.05) is 11.6 Å². The smallest absolute Gasteiger partial charge is 0.251 e. The molecule has 1 amide bonds. The normalized spacial score (nSPS) is 19.8. The Hall–Kier alpha value is -2.41. The molecule has 138 valence electrons. The topological polar surface area (TPSA) is 92.9 Å². The number of rotatable bonds is 4. The summed E-state index contributed by atoms with van der Waals surface area (Å²) < 4.78 is 13.2. The van der Waals surface area contributed by atoms with Crippen LogP contribution < -0.4 is 16.4 Å². The van der Waals surface area contributed by atoms with Gasteiger partial charge in [-0.2, -0.15) is 4.98 Å². The number of nitrogens with two attached hydrogens (primary N) is 1. The third-order valence-electron chi connectivity index (χ3n) is 4.59. The summed E-state index contributed by atoms with van der Waals surface area (Å²) in [6, 6.07) is 4.30. The van der Waals surface area contributed by atoms with Crippen molar-refractivity contribution in [3.05, 3.63) is 46.4 Å². The van der Waals surface area contributed by atoms with Gasteiger partial charge >= 0.3 is 0 Å². The van der Waals surface area contributed by atoms with Gasteiger partial charge in [-0.25, -0.2) is 9.37 Å². The van der Waals surface area contributed by atoms with Crippen LogP contribution >= 0.6 is 11.6 Å². The molecule has 8 heteroatoms. The van der Waals surface area contributed by atoms with Crippen molar-refractivity contribution in [2.75, 3.05) is 11.1 Å². The molecule has 0 unspecified atom stereocenters. The maximum Gasteiger partial charge on any atom is 0.251 e. The number of carbonyl (C=O) groups is 1. The maximum atomic E-state index is 13.2. The largest absolute Gasteiger partial charge is 0.383 e. The zero-order chi connectivity index (χ0) is 18.7. The molecule has 2 aromatic rings. The molecule has 0 aliphatic heterocycles. The molecule has 6 nitrogen and oxygen atoms in total. The highest BCUT2D eigenvalue weighted by atomic mass is 35.5. The Balaban J connectivity index is 1.51. The fourth-order valence-corrected chi connectivity index (χ4v) is 3.18. The van der Waals surface area contributed by atoms with Crippen LogP contribution in [0, 0.1) is 12.7 Å². The first-order chi connectivity index (χ1) is 12.4. The first kappa shape index (κ1) is 18.4. The van der Waals surface area contributed by atoms with E-state index in [-0.39, 0.29) is 23.0 Å². The Kier molecular flexibility index (Phi) is 5.56. The Bertz CT molecular complexity index is 808. The highest BCUT2D eigenvalue weighted by Crippen LogP contribution is 2.22. The molecule has 0 radical (unpaired) electrons. The van der Waals surface area contributed by atoms with Crippen molar-refractivity contribution in [1.29, 1.82) is 0 Å². The third kappa shape index (κ3) is 4.40. The minimum Gasteiger partial charge on any atom is -0.383 e. The molecule has 1 aromatic heterocycles. The van der Waals surface area contributed by atoms with Gasteiger partial charge in [-0.3, -0.25) is 4.79 Å². The Morgan fingerprint density at radius 1 is 1.27 bits per heavy atom. The Labute approximate surface area is 156 Å². The van der Waals surface area contributed by atoms with Crippen LogP contribution in [0.15, 0.2) is 24.4 Å². The average molecular weight is 378 g/mol. The molecule has 1 aliphatic carbocycles. The zero-order valence-electron chi connectivity index (χ0n) is 14.4. The number of aromatic nitrogens is 2. The zero-order valence-corrected chi connectivity index (χ0v) is 15.2. The number of halogens is 2. The molecule has 4 N–H and O–H groups in total. The van der Waals surface area contributed by atoms with E-state index in [0.717, 1.165) is 31.2 Å². The molecule has 1 saturated carbocycles. The van der Waals surface area contributed by atoms with Crippen LogP contribution in [0.5, 0.6) is 0 Å². The number of nitrogens with zero attached hydrogens (tertiary/aromatic N) is 2. The summed E-state index contributed by atoms with van der Waals surface area (Å²) in [7, 11) is 0. The van der Waals surface area contributed by atoms with E-state index in [2.05, 4.69) is 20.6 Å². The summed E-state index contributed by atoms with van der Waals surface area (Å²) in [4.78, 5) is 20.7. The second kappa shape index (κ2) is 7.86. The number of nitrogen functional groups attached to an aromatic ring is 1. The summed E-state index contributed by atoms with van der Waals surface area (Å²) in [5.41, 5.74) is 7.02. The molecule has 0 spiro atoms. The van der Waals surface area contributed by atoms with Crippen molar-refractivity contribution >= 4 is 29.3 Å². The van der Waals surface area contributed by atoms with Gasteiger partial charge in [0.2, 0.25) is 5.95 Å². The maximum absolute atomic E-state index is 13.2. The van der Waals surface area contributed by atoms with Crippen LogP contribution in [-0.4, -0.2) is 28.0 Å². The summed E-state index contributed by atoms with van der Waals surface area (Å²) >= 11 is 5.73. The van der Waals surface area contributed by atoms with E-state index in [0.29, 0.717) is 17.3 Å². The number of nitrogens with one attached hydrogen (secondary N) is 2. The van der Waals surface area contributed by atoms with Crippen molar-refractivity contribution in [2.24, 2.45) is 0 Å². The number of hydrogen-bond acceptors (Lipinski definition) is 5. The number of amides is 1. The predicted molar refractivity (Wildman–Crippen MR) is 99.7 cm³/mol. The number of hydrogen-bond donors (Lipinski definition) is 3. The number of benzene rings is 1. The standard InChI is InChI=1S/C18H21ClFN5O/c1-10-9-22-18(25-16(10)21)24-13-5-3-12(4-6-13)23-17(26)11-2-7-15(20)14(19)8-11/h2,7-9,12-13H,3-6H2,1H3,(H,23,26)(H3,21,22,24,25). The van der Waals surface area contributed by atoms with E-state index in [9.17, 15) is 9.18 Å². The van der Waals surface area contributed by atoms with E-state index in [4.69, 9.17) is 17.3 Å². The minimum atomic E-state index is -0.534. The lowest BCUT2D eigenvalue weighted by Gasteiger charge is -2.29. The van der Waals surface area contributed by atoms with Crippen molar-refractivity contribution in [3.63, 3.8) is 0 Å². The lowest BCUT2D eigenvalue weighted by Crippen LogP contribution is -2.40. The van der Waals surface area contributed by atoms with Gasteiger partial charge in [-0.05, 0) is 50.8 Å². The highest BCUT2D eigenvalue weighted by molar-refractivity contribution is 6.31. The van der Waals surface area contributed by atoms with Crippen molar-refractivity contribution in [1.82, 2.24) is 15.3 Å². The first-order valence-electron chi connectivity index (χ1n) is 8.54. The molecule has 1 fully saturated rings. The molecular weight excluding hydrogens is 357 g/mol. The Morgan fingerprint density at radius 3 is 2.62 bits per heavy atom. The predicted octanol–water partition coefficient (Wildman–Crippen LogP) is 3.31. The van der Waals surface area contributed by atoms with Gasteiger partial charge in [0.25, 0.3) is 5.91 Å². The van der Waals surface area contributed by atoms with Crippen molar-refractivity contribution < 1.29 is 9.18 Å². The van der Waals surface area contributed by atoms with E-state index >= 15 is 0 Å². The molecule has 0 bridgehead atoms. The molecule has 0 atom stereocenters. The second-order valence-electron chi connectivity index (χ2n) is 6.56. The lowest BCUT2D eigenvalue weighted by atomic mass is 9.91. The second-order valence-corrected chi connectivity index (χ2v) is 6.96. The average Bonchev–Trinajstić information content (AvgIpc) is 2.62. The van der Waals surface area contributed by atoms with Crippen LogP contribution in [0.1, 0.15) is 41.6 Å². The van der Waals surface area contributed by atoms with Gasteiger partial charge in [0.05, 0.1) is 5.02 Å². The van der Waals surface area contributed by atoms with Gasteiger partial charge in [0.1, 0.15) is 11.6 Å². The van der Waals surface area contributed by atoms with Crippen LogP contribution in [-0.2, 0) is 0 Å². The molecule has 1 heterocycles. The molecular formula is C18H21ClFN5O. The summed E-state index contributed by atoms with van der Waals surface area (Å²) in [6.45, 7) is 1.86. The molecule has 26 heavy (non-hydrogen) atoms. The van der Waals surface area contributed by atoms with Crippen LogP contribution in [0.3, 0.4) is 0 Å². The third-order valence-corrected chi connectivity index (χ3v) is 4.88. The van der Waals surface area contributed by atoms with Gasteiger partial charge in [-0.15, -0.1) is 0 Å². The van der Waals surface area contributed by atoms with Crippen LogP contribution in [0.25, 0.3) is 0 Å². The van der Waals surface area contributed by atoms with Crippen LogP contribution in [0.4, 0.5) is 16.2 Å². The van der Waals surface area contributed by atoms with Gasteiger partial charge in [0.15, 0.2) is 0 Å². The molecule has 0 saturated heterocycles. The van der Waals surface area contributed by atoms with Crippen molar-refractivity contribution in [2.45, 2.75) is 44.7 Å². The molecule has 3 rings (SSSR count). The lowest BCUT2D eigenvalue weighted by molar-refractivity contribution is 0.0926. The fraction of sp³-hybridized carbons (Fsp3) is 0.389. The first-order valence-corrected chi connectivity index (χ1v) is 8.91. The van der Waals surface area contributed by atoms with E-state index in [1.165, 1.54) is 18.2 Å². The number of anilines is 2. The Morgan fingerprint density at radius 2 is 1.96 bits per heavy atom. The van der Waals surface area contributed by atoms with E-state index in [1.54, 1.807) is 6.20 Å². The number of aryl methyl sites for hydroxylation is 1. The SMILES string of the molecule is Cc1cnc(NC2CCC(NC(=O)c3ccc(F)c(Cl)c3)CC2)nc1N. The summed E-state index contributed by atoms with van der Waals surface area (Å²) in [6.07, 6.45) is 5.13. The molecule has 1 aromatic carbocycles. The summed E-state index contributed by atoms with van der Waals surface area (Å²) in [5.74, 6) is 0.231. The fourth-order valence-electron chi connectivity index (χ4n) is 3.00. The monoisotopic (exact) mass is 377 g/mol. The van der Waals surface area contributed by atoms with Crippen molar-refractivity contribution in [3.8, 4) is 0 Å². The van der Waals surface area contributed by atoms with Gasteiger partial charge in [0, 0.05) is 29.4 Å².